The van der Waals surface area contributed by atoms with Crippen LogP contribution in [0.25, 0.3) is 0 Å². The number of thioether (sulfide) groups is 1. The lowest BCUT2D eigenvalue weighted by Crippen LogP contribution is -2.42. The van der Waals surface area contributed by atoms with E-state index < -0.39 is 17.8 Å². The number of hydrogen-bond donors (Lipinski definition) is 2. The highest BCUT2D eigenvalue weighted by molar-refractivity contribution is 8.00. The number of amides is 2. The van der Waals surface area contributed by atoms with Crippen LogP contribution in [0, 0.1) is 29.6 Å². The number of hydrogen-bond acceptors (Lipinski definition) is 8. The largest absolute Gasteiger partial charge is 0.508 e. The summed E-state index contributed by atoms with van der Waals surface area (Å²) in [6.07, 6.45) is 0.772. The molecule has 4 aliphatic rings. The molecule has 2 aliphatic heterocycles. The summed E-state index contributed by atoms with van der Waals surface area (Å²) in [6, 6.07) is 13.6. The predicted molar refractivity (Wildman–Crippen MR) is 141 cm³/mol. The van der Waals surface area contributed by atoms with E-state index in [4.69, 9.17) is 4.74 Å². The number of H-pyrrole nitrogens is 1. The summed E-state index contributed by atoms with van der Waals surface area (Å²) in [4.78, 5) is 57.0. The van der Waals surface area contributed by atoms with Gasteiger partial charge in [0.2, 0.25) is 11.8 Å². The third-order valence-corrected chi connectivity index (χ3v) is 11.2. The zero-order valence-corrected chi connectivity index (χ0v) is 22.0. The number of aromatic amines is 1. The van der Waals surface area contributed by atoms with Crippen LogP contribution in [0.4, 0.5) is 5.69 Å². The standard InChI is InChI=1S/C28H24N2O6S2/c1-2-36-27(34)12-7-9-13(10-8-12)30-25(32)20-15-11-16(21(20)26(30)33)22-19(15)18(14-5-3-4-6-17(14)31)23-24(37-22)29-28(35)38-23/h3-10,15-16,18-22,31H,2,11H2,1H3,(H,29,35)/t15-,16+,18+,19+,20-,21+,22-/m1/s1. The lowest BCUT2D eigenvalue weighted by atomic mass is 9.68. The van der Waals surface area contributed by atoms with Crippen molar-refractivity contribution in [1.82, 2.24) is 4.98 Å². The number of rotatable bonds is 4. The number of aromatic hydroxyl groups is 1. The molecule has 7 rings (SSSR count). The number of carbonyl (C=O) groups excluding carboxylic acids is 3. The van der Waals surface area contributed by atoms with Crippen molar-refractivity contribution in [2.45, 2.75) is 29.5 Å². The molecule has 2 aromatic carbocycles. The van der Waals surface area contributed by atoms with Gasteiger partial charge in [-0.05, 0) is 61.4 Å². The minimum absolute atomic E-state index is 0.00911. The van der Waals surface area contributed by atoms with Crippen molar-refractivity contribution < 1.29 is 24.2 Å². The Bertz CT molecular complexity index is 1550. The number of benzene rings is 2. The SMILES string of the molecule is CCOC(=O)c1ccc(N2C(=O)[C@@H]3[C@@H]4C[C@H]([C@H]5Sc6[nH]c(=O)sc6[C@@H](c6ccccc6O)[C@H]45)[C@@H]3C2=O)cc1. The van der Waals surface area contributed by atoms with Gasteiger partial charge in [-0.25, -0.2) is 4.79 Å². The number of anilines is 1. The van der Waals surface area contributed by atoms with Crippen molar-refractivity contribution in [2.24, 2.45) is 29.6 Å². The van der Waals surface area contributed by atoms with Gasteiger partial charge in [-0.3, -0.25) is 19.3 Å². The van der Waals surface area contributed by atoms with Crippen LogP contribution < -0.4 is 9.77 Å². The molecule has 2 N–H and O–H groups in total. The monoisotopic (exact) mass is 548 g/mol. The summed E-state index contributed by atoms with van der Waals surface area (Å²) in [5, 5.41) is 11.7. The molecule has 10 heteroatoms. The van der Waals surface area contributed by atoms with Gasteiger partial charge in [0.05, 0.1) is 34.7 Å². The molecule has 1 saturated heterocycles. The Morgan fingerprint density at radius 3 is 2.47 bits per heavy atom. The first-order valence-electron chi connectivity index (χ1n) is 12.7. The van der Waals surface area contributed by atoms with Gasteiger partial charge >= 0.3 is 10.8 Å². The van der Waals surface area contributed by atoms with Crippen LogP contribution in [0.2, 0.25) is 0 Å². The normalized spacial score (nSPS) is 30.8. The van der Waals surface area contributed by atoms with E-state index in [2.05, 4.69) is 4.98 Å². The minimum atomic E-state index is -0.449. The Balaban J connectivity index is 1.26. The topological polar surface area (TPSA) is 117 Å². The molecule has 3 heterocycles. The van der Waals surface area contributed by atoms with Crippen LogP contribution in [0.15, 0.2) is 58.4 Å². The maximum Gasteiger partial charge on any atom is 0.338 e. The van der Waals surface area contributed by atoms with Gasteiger partial charge in [0.25, 0.3) is 0 Å². The number of phenolic OH excluding ortho intramolecular Hbond substituents is 1. The van der Waals surface area contributed by atoms with E-state index in [0.29, 0.717) is 11.3 Å². The molecule has 38 heavy (non-hydrogen) atoms. The molecular formula is C28H24N2O6S2. The second-order valence-corrected chi connectivity index (χ2v) is 12.5. The first-order chi connectivity index (χ1) is 18.4. The van der Waals surface area contributed by atoms with Crippen molar-refractivity contribution in [3.05, 3.63) is 74.2 Å². The van der Waals surface area contributed by atoms with Gasteiger partial charge in [0.15, 0.2) is 0 Å². The number of esters is 1. The zero-order chi connectivity index (χ0) is 26.3. The number of aromatic nitrogens is 1. The highest BCUT2D eigenvalue weighted by Gasteiger charge is 2.69. The first-order valence-corrected chi connectivity index (χ1v) is 14.4. The zero-order valence-electron chi connectivity index (χ0n) is 20.3. The summed E-state index contributed by atoms with van der Waals surface area (Å²) in [7, 11) is 0. The van der Waals surface area contributed by atoms with Crippen molar-refractivity contribution in [1.29, 1.82) is 0 Å². The molecule has 8 nitrogen and oxygen atoms in total. The molecule has 2 bridgehead atoms. The second kappa shape index (κ2) is 8.57. The molecule has 7 atom stereocenters. The van der Waals surface area contributed by atoms with E-state index >= 15 is 0 Å². The Morgan fingerprint density at radius 1 is 1.05 bits per heavy atom. The summed E-state index contributed by atoms with van der Waals surface area (Å²) >= 11 is 2.78. The summed E-state index contributed by atoms with van der Waals surface area (Å²) in [6.45, 7) is 2.00. The minimum Gasteiger partial charge on any atom is -0.508 e. The van der Waals surface area contributed by atoms with E-state index in [1.807, 2.05) is 12.1 Å². The number of thiazole rings is 1. The van der Waals surface area contributed by atoms with Gasteiger partial charge < -0.3 is 14.8 Å². The van der Waals surface area contributed by atoms with Crippen molar-refractivity contribution in [2.75, 3.05) is 11.5 Å². The number of carbonyl (C=O) groups is 3. The summed E-state index contributed by atoms with van der Waals surface area (Å²) < 4.78 is 5.04. The third-order valence-electron chi connectivity index (χ3n) is 8.63. The van der Waals surface area contributed by atoms with Gasteiger partial charge in [-0.15, -0.1) is 11.8 Å². The number of imide groups is 1. The van der Waals surface area contributed by atoms with Crippen LogP contribution in [0.3, 0.4) is 0 Å². The Labute approximate surface area is 226 Å². The molecule has 0 unspecified atom stereocenters. The van der Waals surface area contributed by atoms with E-state index in [0.717, 1.165) is 21.9 Å². The quantitative estimate of drug-likeness (QED) is 0.374. The lowest BCUT2D eigenvalue weighted by molar-refractivity contribution is -0.123. The maximum atomic E-state index is 13.8. The lowest BCUT2D eigenvalue weighted by Gasteiger charge is -2.43. The number of fused-ring (bicyclic) bond motifs is 9. The Morgan fingerprint density at radius 2 is 1.76 bits per heavy atom. The fraction of sp³-hybridized carbons (Fsp3) is 0.357. The number of nitrogens with zero attached hydrogens (tertiary/aromatic N) is 1. The molecular weight excluding hydrogens is 524 g/mol. The molecule has 3 aromatic rings. The summed E-state index contributed by atoms with van der Waals surface area (Å²) in [5.41, 5.74) is 1.58. The van der Waals surface area contributed by atoms with E-state index in [9.17, 15) is 24.3 Å². The van der Waals surface area contributed by atoms with Crippen LogP contribution in [-0.4, -0.2) is 39.7 Å². The third kappa shape index (κ3) is 3.22. The van der Waals surface area contributed by atoms with Crippen LogP contribution >= 0.6 is 23.1 Å². The van der Waals surface area contributed by atoms with Crippen molar-refractivity contribution >= 4 is 46.6 Å². The Hall–Kier alpha value is -3.37. The molecule has 2 saturated carbocycles. The molecule has 0 spiro atoms. The van der Waals surface area contributed by atoms with Gasteiger partial charge in [0.1, 0.15) is 5.75 Å². The highest BCUT2D eigenvalue weighted by Crippen LogP contribution is 2.69. The molecule has 2 aliphatic carbocycles. The van der Waals surface area contributed by atoms with E-state index in [1.54, 1.807) is 55.1 Å². The Kier molecular flexibility index (Phi) is 5.35. The highest BCUT2D eigenvalue weighted by atomic mass is 32.2. The van der Waals surface area contributed by atoms with E-state index in [-0.39, 0.29) is 58.0 Å². The molecule has 2 amide bonds. The maximum absolute atomic E-state index is 13.8. The number of phenols is 1. The average Bonchev–Trinajstić information content (AvgIpc) is 3.64. The van der Waals surface area contributed by atoms with Gasteiger partial charge in [0, 0.05) is 21.6 Å². The smallest absolute Gasteiger partial charge is 0.338 e. The van der Waals surface area contributed by atoms with E-state index in [1.165, 1.54) is 16.2 Å². The van der Waals surface area contributed by atoms with Crippen molar-refractivity contribution in [3.63, 3.8) is 0 Å². The first kappa shape index (κ1) is 23.7. The molecule has 0 radical (unpaired) electrons. The van der Waals surface area contributed by atoms with Crippen molar-refractivity contribution in [3.8, 4) is 5.75 Å². The average molecular weight is 549 g/mol. The fourth-order valence-electron chi connectivity index (χ4n) is 7.33. The summed E-state index contributed by atoms with van der Waals surface area (Å²) in [5.74, 6) is -1.79. The van der Waals surface area contributed by atoms with Crippen LogP contribution in [0.1, 0.15) is 40.1 Å². The second-order valence-electron chi connectivity index (χ2n) is 10.3. The number of ether oxygens (including phenoxy) is 1. The number of nitrogens with one attached hydrogen (secondary N) is 1. The fourth-order valence-corrected chi connectivity index (χ4v) is 10.2. The molecule has 1 aromatic heterocycles. The van der Waals surface area contributed by atoms with Gasteiger partial charge in [-0.2, -0.15) is 0 Å². The molecule has 3 fully saturated rings. The van der Waals surface area contributed by atoms with Crippen LogP contribution in [-0.2, 0) is 14.3 Å². The van der Waals surface area contributed by atoms with Crippen LogP contribution in [0.5, 0.6) is 5.75 Å². The number of para-hydroxylation sites is 1. The predicted octanol–water partition coefficient (Wildman–Crippen LogP) is 4.00. The van der Waals surface area contributed by atoms with Gasteiger partial charge in [-0.1, -0.05) is 29.5 Å². The molecule has 194 valence electrons.